The molecule has 0 saturated carbocycles. The van der Waals surface area contributed by atoms with E-state index < -0.39 is 0 Å². The van der Waals surface area contributed by atoms with Crippen LogP contribution in [0.25, 0.3) is 0 Å². The van der Waals surface area contributed by atoms with Crippen molar-refractivity contribution in [1.29, 1.82) is 0 Å². The quantitative estimate of drug-likeness (QED) is 0.712. The summed E-state index contributed by atoms with van der Waals surface area (Å²) in [5.74, 6) is 0.177. The summed E-state index contributed by atoms with van der Waals surface area (Å²) in [5, 5.41) is 2.94. The van der Waals surface area contributed by atoms with Gasteiger partial charge in [0.05, 0.1) is 0 Å². The summed E-state index contributed by atoms with van der Waals surface area (Å²) in [5.41, 5.74) is 1.41. The number of rotatable bonds is 1. The molecule has 1 N–H and O–H groups in total. The van der Waals surface area contributed by atoms with Crippen LogP contribution in [0.3, 0.4) is 0 Å². The van der Waals surface area contributed by atoms with Gasteiger partial charge in [-0.15, -0.1) is 0 Å². The third kappa shape index (κ3) is 1.43. The fourth-order valence-corrected chi connectivity index (χ4v) is 2.17. The number of piperidine rings is 1. The molecule has 0 aromatic carbocycles. The molecule has 1 aliphatic heterocycles. The molecule has 2 heterocycles. The highest BCUT2D eigenvalue weighted by Gasteiger charge is 2.33. The van der Waals surface area contributed by atoms with Crippen molar-refractivity contribution >= 4 is 5.91 Å². The number of hydrogen-bond acceptors (Lipinski definition) is 1. The van der Waals surface area contributed by atoms with Gasteiger partial charge in [-0.05, 0) is 18.6 Å². The van der Waals surface area contributed by atoms with Gasteiger partial charge in [0.1, 0.15) is 0 Å². The molecule has 76 valence electrons. The van der Waals surface area contributed by atoms with Gasteiger partial charge in [0.15, 0.2) is 0 Å². The summed E-state index contributed by atoms with van der Waals surface area (Å²) in [7, 11) is 2.05. The van der Waals surface area contributed by atoms with Gasteiger partial charge in [0.2, 0.25) is 5.91 Å². The predicted octanol–water partition coefficient (Wildman–Crippen LogP) is 1.19. The van der Waals surface area contributed by atoms with E-state index in [1.165, 1.54) is 5.69 Å². The van der Waals surface area contributed by atoms with Crippen molar-refractivity contribution < 1.29 is 4.79 Å². The minimum absolute atomic E-state index is 0.103. The minimum Gasteiger partial charge on any atom is -0.355 e. The maximum atomic E-state index is 11.1. The predicted molar refractivity (Wildman–Crippen MR) is 55.0 cm³/mol. The number of aryl methyl sites for hydroxylation is 1. The van der Waals surface area contributed by atoms with Gasteiger partial charge in [-0.25, -0.2) is 0 Å². The Balaban J connectivity index is 2.25. The summed E-state index contributed by atoms with van der Waals surface area (Å²) in [6.45, 7) is 2.96. The number of carbonyl (C=O) groups is 1. The first kappa shape index (κ1) is 9.31. The Morgan fingerprint density at radius 2 is 2.36 bits per heavy atom. The van der Waals surface area contributed by atoms with E-state index in [-0.39, 0.29) is 11.3 Å². The molecule has 0 bridgehead atoms. The van der Waals surface area contributed by atoms with Gasteiger partial charge in [-0.1, -0.05) is 6.92 Å². The second-order valence-electron chi connectivity index (χ2n) is 4.34. The van der Waals surface area contributed by atoms with Crippen molar-refractivity contribution in [3.05, 3.63) is 24.0 Å². The maximum absolute atomic E-state index is 11.1. The van der Waals surface area contributed by atoms with Gasteiger partial charge in [0, 0.05) is 37.3 Å². The van der Waals surface area contributed by atoms with Gasteiger partial charge in [-0.2, -0.15) is 0 Å². The Morgan fingerprint density at radius 3 is 2.86 bits per heavy atom. The second kappa shape index (κ2) is 3.15. The largest absolute Gasteiger partial charge is 0.355 e. The lowest BCUT2D eigenvalue weighted by molar-refractivity contribution is -0.123. The Kier molecular flexibility index (Phi) is 2.10. The van der Waals surface area contributed by atoms with Gasteiger partial charge >= 0.3 is 0 Å². The highest BCUT2D eigenvalue weighted by atomic mass is 16.1. The Hall–Kier alpha value is -1.25. The molecule has 1 aliphatic rings. The summed E-state index contributed by atoms with van der Waals surface area (Å²) in [4.78, 5) is 11.1. The van der Waals surface area contributed by atoms with E-state index in [2.05, 4.69) is 42.2 Å². The highest BCUT2D eigenvalue weighted by Crippen LogP contribution is 2.30. The molecule has 0 spiro atoms. The number of aromatic nitrogens is 1. The van der Waals surface area contributed by atoms with Crippen LogP contribution in [0.2, 0.25) is 0 Å². The topological polar surface area (TPSA) is 34.0 Å². The average molecular weight is 192 g/mol. The second-order valence-corrected chi connectivity index (χ2v) is 4.34. The number of nitrogens with zero attached hydrogens (tertiary/aromatic N) is 1. The molecule has 14 heavy (non-hydrogen) atoms. The van der Waals surface area contributed by atoms with E-state index in [1.54, 1.807) is 0 Å². The first-order valence-electron chi connectivity index (χ1n) is 5.00. The van der Waals surface area contributed by atoms with E-state index in [0.717, 1.165) is 13.0 Å². The van der Waals surface area contributed by atoms with Crippen LogP contribution in [-0.2, 0) is 17.3 Å². The first-order chi connectivity index (χ1) is 6.62. The van der Waals surface area contributed by atoms with Crippen LogP contribution in [0, 0.1) is 0 Å². The van der Waals surface area contributed by atoms with Crippen LogP contribution in [0.1, 0.15) is 25.5 Å². The number of hydrogen-bond donors (Lipinski definition) is 1. The molecule has 1 atom stereocenters. The summed E-state index contributed by atoms with van der Waals surface area (Å²) >= 11 is 0. The van der Waals surface area contributed by atoms with Gasteiger partial charge < -0.3 is 9.88 Å². The van der Waals surface area contributed by atoms with E-state index in [0.29, 0.717) is 6.42 Å². The lowest BCUT2D eigenvalue weighted by Crippen LogP contribution is -2.45. The molecule has 3 nitrogen and oxygen atoms in total. The average Bonchev–Trinajstić information content (AvgIpc) is 2.58. The first-order valence-corrected chi connectivity index (χ1v) is 5.00. The summed E-state index contributed by atoms with van der Waals surface area (Å²) in [6, 6.07) is 4.19. The van der Waals surface area contributed by atoms with Crippen molar-refractivity contribution in [2.24, 2.45) is 7.05 Å². The zero-order chi connectivity index (χ0) is 10.2. The van der Waals surface area contributed by atoms with Crippen molar-refractivity contribution in [2.45, 2.75) is 25.2 Å². The monoisotopic (exact) mass is 192 g/mol. The summed E-state index contributed by atoms with van der Waals surface area (Å²) < 4.78 is 2.14. The third-order valence-electron chi connectivity index (χ3n) is 3.14. The van der Waals surface area contributed by atoms with Gasteiger partial charge in [0.25, 0.3) is 0 Å². The zero-order valence-corrected chi connectivity index (χ0v) is 8.71. The number of carbonyl (C=O) groups excluding carboxylic acids is 1. The molecule has 1 saturated heterocycles. The molecule has 1 aromatic heterocycles. The number of nitrogens with one attached hydrogen (secondary N) is 1. The van der Waals surface area contributed by atoms with Crippen molar-refractivity contribution in [3.63, 3.8) is 0 Å². The van der Waals surface area contributed by atoms with Crippen molar-refractivity contribution in [3.8, 4) is 0 Å². The SMILES string of the molecule is Cn1cccc1C1(C)CCC(=O)NC1. The minimum atomic E-state index is 0.103. The fourth-order valence-electron chi connectivity index (χ4n) is 2.17. The molecular formula is C11H16N2O. The molecule has 1 aromatic rings. The molecule has 3 heteroatoms. The molecule has 1 amide bonds. The van der Waals surface area contributed by atoms with Crippen LogP contribution in [-0.4, -0.2) is 17.0 Å². The standard InChI is InChI=1S/C11H16N2O/c1-11(6-5-10(14)12-8-11)9-4-3-7-13(9)2/h3-4,7H,5-6,8H2,1-2H3,(H,12,14). The fraction of sp³-hybridized carbons (Fsp3) is 0.545. The Labute approximate surface area is 84.1 Å². The van der Waals surface area contributed by atoms with Crippen LogP contribution < -0.4 is 5.32 Å². The number of amides is 1. The molecule has 0 aliphatic carbocycles. The van der Waals surface area contributed by atoms with Crippen LogP contribution in [0.5, 0.6) is 0 Å². The maximum Gasteiger partial charge on any atom is 0.220 e. The molecule has 2 rings (SSSR count). The van der Waals surface area contributed by atoms with E-state index in [4.69, 9.17) is 0 Å². The molecule has 1 fully saturated rings. The summed E-state index contributed by atoms with van der Waals surface area (Å²) in [6.07, 6.45) is 3.63. The Morgan fingerprint density at radius 1 is 1.57 bits per heavy atom. The molecule has 0 radical (unpaired) electrons. The van der Waals surface area contributed by atoms with E-state index in [1.807, 2.05) is 0 Å². The lowest BCUT2D eigenvalue weighted by Gasteiger charge is -2.34. The third-order valence-corrected chi connectivity index (χ3v) is 3.14. The normalized spacial score (nSPS) is 27.4. The van der Waals surface area contributed by atoms with Crippen molar-refractivity contribution in [1.82, 2.24) is 9.88 Å². The van der Waals surface area contributed by atoms with Crippen molar-refractivity contribution in [2.75, 3.05) is 6.54 Å². The Bertz CT molecular complexity index is 344. The van der Waals surface area contributed by atoms with Crippen LogP contribution >= 0.6 is 0 Å². The van der Waals surface area contributed by atoms with Gasteiger partial charge in [-0.3, -0.25) is 4.79 Å². The van der Waals surface area contributed by atoms with E-state index >= 15 is 0 Å². The smallest absolute Gasteiger partial charge is 0.220 e. The zero-order valence-electron chi connectivity index (χ0n) is 8.71. The van der Waals surface area contributed by atoms with E-state index in [9.17, 15) is 4.79 Å². The van der Waals surface area contributed by atoms with Crippen LogP contribution in [0.15, 0.2) is 18.3 Å². The lowest BCUT2D eigenvalue weighted by atomic mass is 9.79. The highest BCUT2D eigenvalue weighted by molar-refractivity contribution is 5.77. The van der Waals surface area contributed by atoms with Crippen LogP contribution in [0.4, 0.5) is 0 Å². The molecular weight excluding hydrogens is 176 g/mol. The molecule has 1 unspecified atom stereocenters.